The Morgan fingerprint density at radius 1 is 0.420 bits per heavy atom. The highest BCUT2D eigenvalue weighted by Crippen LogP contribution is 2.08. The van der Waals surface area contributed by atoms with Crippen LogP contribution in [0.4, 0.5) is 0 Å². The van der Waals surface area contributed by atoms with Crippen molar-refractivity contribution >= 4 is 5.52 Å². The molecule has 0 unspecified atom stereocenters. The summed E-state index contributed by atoms with van der Waals surface area (Å²) in [6, 6.07) is 24.0. The maximum atomic E-state index is 10.2. The Hall–Kier alpha value is -5.05. The van der Waals surface area contributed by atoms with E-state index in [0.717, 1.165) is 29.2 Å². The first-order valence-corrected chi connectivity index (χ1v) is 25.1. The second-order valence-corrected chi connectivity index (χ2v) is 15.9. The molecule has 6 heterocycles. The van der Waals surface area contributed by atoms with Gasteiger partial charge in [0.1, 0.15) is 6.33 Å². The molecule has 9 nitrogen and oxygen atoms in total. The van der Waals surface area contributed by atoms with Gasteiger partial charge in [-0.1, -0.05) is 227 Å². The van der Waals surface area contributed by atoms with E-state index in [-0.39, 0.29) is 20.4 Å². The van der Waals surface area contributed by atoms with Gasteiger partial charge in [0.15, 0.2) is 0 Å². The van der Waals surface area contributed by atoms with Crippen molar-refractivity contribution in [3.05, 3.63) is 151 Å². The summed E-state index contributed by atoms with van der Waals surface area (Å²) in [5.74, 6) is 3.33. The fourth-order valence-electron chi connectivity index (χ4n) is 2.06. The number of aromatic nitrogens is 8. The van der Waals surface area contributed by atoms with Crippen LogP contribution in [-0.4, -0.2) is 39.7 Å². The highest BCUT2D eigenvalue weighted by atomic mass is 16.1. The molecule has 0 aromatic carbocycles. The van der Waals surface area contributed by atoms with Crippen molar-refractivity contribution in [2.75, 3.05) is 0 Å². The van der Waals surface area contributed by atoms with Gasteiger partial charge in [0, 0.05) is 61.8 Å². The average Bonchev–Trinajstić information content (AvgIpc) is 3.82. The number of H-pyrrole nitrogens is 1. The molecule has 6 aromatic heterocycles. The standard InChI is InChI=1S/C7H6N2.C5H5NO.C5H5N.C5H12.2C4H4N2.4C4H10.6C2H6.2CH4/c1-2-6-9-7(3-1)4-5-8-9;7-5-3-1-2-4-6-5;1-2-4-6-5-3-1;1-5(2,3)4;1-2-5-4-6-3-1;1-2-4-6-5-3-1;4*1-4(2)3;6*1-2;;/h1-6H;1-4H,(H,6,7);1-5H;1-4H3;2*1-4H;4*4H,1-3H3;6*1-2H3;2*1H4. The Kier molecular flexibility index (Phi) is 122. The number of pyridine rings is 3. The lowest BCUT2D eigenvalue weighted by molar-refractivity contribution is 0.469. The highest BCUT2D eigenvalue weighted by molar-refractivity contribution is 5.44. The van der Waals surface area contributed by atoms with Gasteiger partial charge in [-0.15, -0.1) is 0 Å². The van der Waals surface area contributed by atoms with Crippen molar-refractivity contribution in [3.8, 4) is 0 Å². The number of fused-ring (bicyclic) bond motifs is 1. The van der Waals surface area contributed by atoms with E-state index in [0.29, 0.717) is 5.41 Å². The van der Waals surface area contributed by atoms with Gasteiger partial charge in [0.25, 0.3) is 0 Å². The normalized spacial score (nSPS) is 7.77. The number of nitrogens with zero attached hydrogens (tertiary/aromatic N) is 7. The summed E-state index contributed by atoms with van der Waals surface area (Å²) in [7, 11) is 0. The zero-order valence-electron chi connectivity index (χ0n) is 49.1. The third-order valence-electron chi connectivity index (χ3n) is 3.51. The fraction of sp³-hybridized carbons (Fsp3) is 0.583. The van der Waals surface area contributed by atoms with Gasteiger partial charge in [-0.2, -0.15) is 15.3 Å². The molecule has 406 valence electrons. The van der Waals surface area contributed by atoms with Crippen LogP contribution in [0.2, 0.25) is 0 Å². The smallest absolute Gasteiger partial charge is 0.247 e. The van der Waals surface area contributed by atoms with Gasteiger partial charge in [-0.3, -0.25) is 9.78 Å². The van der Waals surface area contributed by atoms with Crippen LogP contribution in [-0.2, 0) is 0 Å². The molecule has 0 atom stereocenters. The van der Waals surface area contributed by atoms with Gasteiger partial charge in [0.2, 0.25) is 5.56 Å². The molecule has 0 amide bonds. The molecule has 0 aliphatic carbocycles. The zero-order valence-corrected chi connectivity index (χ0v) is 49.1. The largest absolute Gasteiger partial charge is 0.329 e. The maximum absolute atomic E-state index is 10.2. The van der Waals surface area contributed by atoms with Gasteiger partial charge < -0.3 is 4.98 Å². The second kappa shape index (κ2) is 89.5. The molecular formula is C60H120N8O. The molecule has 1 N–H and O–H groups in total. The van der Waals surface area contributed by atoms with E-state index in [1.54, 1.807) is 67.8 Å². The van der Waals surface area contributed by atoms with Gasteiger partial charge in [-0.25, -0.2) is 14.5 Å². The number of hydrogen-bond acceptors (Lipinski definition) is 7. The Morgan fingerprint density at radius 3 is 0.942 bits per heavy atom. The van der Waals surface area contributed by atoms with Crippen molar-refractivity contribution in [2.45, 2.75) is 209 Å². The van der Waals surface area contributed by atoms with Crippen LogP contribution in [0.5, 0.6) is 0 Å². The van der Waals surface area contributed by atoms with E-state index in [2.05, 4.69) is 146 Å². The number of hydrogen-bond donors (Lipinski definition) is 1. The number of aromatic amines is 1. The van der Waals surface area contributed by atoms with Gasteiger partial charge in [0.05, 0.1) is 5.52 Å². The SMILES string of the molecule is C.C.CC.CC.CC.CC.CC.CC.CC(C)(C)C.CC(C)C.CC(C)C.CC(C)C.CC(C)C.O=c1cccc[nH]1.c1ccn2nccc2c1.c1ccncc1.c1ccnnc1.c1cncnc1. The molecule has 0 aliphatic rings. The van der Waals surface area contributed by atoms with Crippen LogP contribution < -0.4 is 5.56 Å². The molecule has 0 saturated heterocycles. The summed E-state index contributed by atoms with van der Waals surface area (Å²) >= 11 is 0. The molecule has 0 bridgehead atoms. The maximum Gasteiger partial charge on any atom is 0.247 e. The highest BCUT2D eigenvalue weighted by Gasteiger charge is 1.95. The number of rotatable bonds is 0. The van der Waals surface area contributed by atoms with Crippen molar-refractivity contribution in [1.29, 1.82) is 0 Å². The van der Waals surface area contributed by atoms with Crippen molar-refractivity contribution in [1.82, 2.24) is 39.7 Å². The molecule has 6 rings (SSSR count). The van der Waals surface area contributed by atoms with E-state index < -0.39 is 0 Å². The monoisotopic (exact) mass is 969 g/mol. The average molecular weight is 970 g/mol. The first-order valence-electron chi connectivity index (χ1n) is 25.1. The lowest BCUT2D eigenvalue weighted by Gasteiger charge is -2.05. The molecule has 69 heavy (non-hydrogen) atoms. The van der Waals surface area contributed by atoms with E-state index >= 15 is 0 Å². The van der Waals surface area contributed by atoms with Gasteiger partial charge in [-0.05, 0) is 83.7 Å². The first-order chi connectivity index (χ1) is 31.8. The minimum atomic E-state index is -0.0532. The van der Waals surface area contributed by atoms with E-state index in [9.17, 15) is 4.79 Å². The van der Waals surface area contributed by atoms with E-state index in [1.165, 1.54) is 12.4 Å². The molecule has 0 saturated carbocycles. The Balaban J connectivity index is -0.0000000514. The van der Waals surface area contributed by atoms with Crippen LogP contribution in [0.1, 0.15) is 209 Å². The molecule has 0 spiro atoms. The van der Waals surface area contributed by atoms with E-state index in [4.69, 9.17) is 0 Å². The predicted octanol–water partition coefficient (Wildman–Crippen LogP) is 19.9. The third-order valence-corrected chi connectivity index (χ3v) is 3.51. The Labute approximate surface area is 432 Å². The lowest BCUT2D eigenvalue weighted by Crippen LogP contribution is -1.98. The number of nitrogens with one attached hydrogen (secondary N) is 1. The summed E-state index contributed by atoms with van der Waals surface area (Å²) in [5.41, 5.74) is 1.58. The second-order valence-electron chi connectivity index (χ2n) is 15.9. The van der Waals surface area contributed by atoms with Crippen molar-refractivity contribution in [2.24, 2.45) is 29.1 Å². The van der Waals surface area contributed by atoms with Crippen molar-refractivity contribution < 1.29 is 0 Å². The van der Waals surface area contributed by atoms with Crippen LogP contribution in [0.3, 0.4) is 0 Å². The summed E-state index contributed by atoms with van der Waals surface area (Å²) < 4.78 is 1.83. The van der Waals surface area contributed by atoms with Crippen LogP contribution in [0.15, 0.2) is 146 Å². The molecule has 0 fully saturated rings. The zero-order chi connectivity index (χ0) is 54.8. The minimum Gasteiger partial charge on any atom is -0.329 e. The third kappa shape index (κ3) is 162. The summed E-state index contributed by atoms with van der Waals surface area (Å²) in [5, 5.41) is 11.1. The van der Waals surface area contributed by atoms with E-state index in [1.807, 2.05) is 148 Å². The lowest BCUT2D eigenvalue weighted by atomic mass is 10.0. The quantitative estimate of drug-likeness (QED) is 0.161. The summed E-state index contributed by atoms with van der Waals surface area (Å²) in [6.45, 7) is 58.7. The minimum absolute atomic E-state index is 0. The van der Waals surface area contributed by atoms with Gasteiger partial charge >= 0.3 is 0 Å². The predicted molar refractivity (Wildman–Crippen MR) is 319 cm³/mol. The van der Waals surface area contributed by atoms with Crippen LogP contribution in [0, 0.1) is 29.1 Å². The Bertz CT molecular complexity index is 1330. The van der Waals surface area contributed by atoms with Crippen LogP contribution in [0.25, 0.3) is 5.52 Å². The molecule has 0 aliphatic heterocycles. The molecule has 0 radical (unpaired) electrons. The summed E-state index contributed by atoms with van der Waals surface area (Å²) in [6.07, 6.45) is 17.0. The topological polar surface area (TPSA) is 115 Å². The molecule has 9 heteroatoms. The van der Waals surface area contributed by atoms with Crippen molar-refractivity contribution in [3.63, 3.8) is 0 Å². The fourth-order valence-corrected chi connectivity index (χ4v) is 2.06. The first kappa shape index (κ1) is 93.9. The summed E-state index contributed by atoms with van der Waals surface area (Å²) in [4.78, 5) is 23.8. The van der Waals surface area contributed by atoms with Crippen LogP contribution >= 0.6 is 0 Å². The molecule has 6 aromatic rings. The Morgan fingerprint density at radius 2 is 0.754 bits per heavy atom. The molecular weight excluding hydrogens is 849 g/mol.